The zero-order valence-electron chi connectivity index (χ0n) is 11.5. The van der Waals surface area contributed by atoms with E-state index in [1.54, 1.807) is 25.1 Å². The molecule has 2 rings (SSSR count). The van der Waals surface area contributed by atoms with Crippen molar-refractivity contribution in [3.05, 3.63) is 35.6 Å². The zero-order chi connectivity index (χ0) is 15.6. The van der Waals surface area contributed by atoms with Gasteiger partial charge in [0.2, 0.25) is 0 Å². The average molecular weight is 296 g/mol. The van der Waals surface area contributed by atoms with Gasteiger partial charge in [-0.2, -0.15) is 0 Å². The first-order chi connectivity index (χ1) is 9.90. The van der Waals surface area contributed by atoms with E-state index in [0.29, 0.717) is 5.56 Å². The van der Waals surface area contributed by atoms with Crippen molar-refractivity contribution in [3.8, 4) is 0 Å². The molecule has 0 spiro atoms. The Bertz CT molecular complexity index is 552. The van der Waals surface area contributed by atoms with E-state index in [1.165, 1.54) is 6.07 Å². The normalized spacial score (nSPS) is 22.9. The molecule has 114 valence electrons. The van der Waals surface area contributed by atoms with Gasteiger partial charge >= 0.3 is 12.0 Å². The second kappa shape index (κ2) is 6.09. The molecule has 0 radical (unpaired) electrons. The van der Waals surface area contributed by atoms with E-state index >= 15 is 0 Å². The summed E-state index contributed by atoms with van der Waals surface area (Å²) in [6, 6.07) is 3.74. The number of halogens is 1. The minimum absolute atomic E-state index is 0.00314. The number of amides is 2. The van der Waals surface area contributed by atoms with Crippen LogP contribution in [0.5, 0.6) is 0 Å². The molecule has 0 saturated carbocycles. The van der Waals surface area contributed by atoms with Gasteiger partial charge < -0.3 is 20.4 Å². The van der Waals surface area contributed by atoms with E-state index in [-0.39, 0.29) is 13.0 Å². The molecule has 1 saturated heterocycles. The third kappa shape index (κ3) is 3.30. The molecule has 2 amide bonds. The number of nitrogens with zero attached hydrogens (tertiary/aromatic N) is 1. The highest BCUT2D eigenvalue weighted by molar-refractivity contribution is 5.83. The first-order valence-electron chi connectivity index (χ1n) is 6.62. The van der Waals surface area contributed by atoms with E-state index in [4.69, 9.17) is 5.11 Å². The molecule has 1 heterocycles. The number of aliphatic hydroxyl groups excluding tert-OH is 1. The second-order valence-corrected chi connectivity index (χ2v) is 5.09. The number of nitrogens with one attached hydrogen (secondary N) is 1. The number of carbonyl (C=O) groups excluding carboxylic acids is 1. The summed E-state index contributed by atoms with van der Waals surface area (Å²) in [5.41, 5.74) is 0.317. The number of benzene rings is 1. The smallest absolute Gasteiger partial charge is 0.326 e. The fraction of sp³-hybridized carbons (Fsp3) is 0.429. The van der Waals surface area contributed by atoms with Crippen LogP contribution >= 0.6 is 0 Å². The number of β-amino-alcohol motifs (C(OH)–C–C–N with tert-alkyl or cyclic N) is 1. The number of rotatable bonds is 3. The molecule has 0 aromatic heterocycles. The van der Waals surface area contributed by atoms with Crippen LogP contribution in [0.15, 0.2) is 24.3 Å². The van der Waals surface area contributed by atoms with Gasteiger partial charge in [-0.25, -0.2) is 14.0 Å². The molecule has 1 aromatic rings. The van der Waals surface area contributed by atoms with E-state index in [1.807, 2.05) is 0 Å². The molecular formula is C14H17FN2O4. The van der Waals surface area contributed by atoms with Crippen molar-refractivity contribution in [1.82, 2.24) is 10.2 Å². The van der Waals surface area contributed by atoms with Gasteiger partial charge in [-0.3, -0.25) is 0 Å². The molecule has 1 aromatic carbocycles. The van der Waals surface area contributed by atoms with Gasteiger partial charge in [0.15, 0.2) is 0 Å². The lowest BCUT2D eigenvalue weighted by atomic mass is 10.1. The lowest BCUT2D eigenvalue weighted by molar-refractivity contribution is -0.141. The molecule has 1 fully saturated rings. The fourth-order valence-electron chi connectivity index (χ4n) is 2.44. The summed E-state index contributed by atoms with van der Waals surface area (Å²) in [4.78, 5) is 24.3. The number of urea groups is 1. The highest BCUT2D eigenvalue weighted by Gasteiger charge is 2.39. The van der Waals surface area contributed by atoms with E-state index in [2.05, 4.69) is 5.32 Å². The van der Waals surface area contributed by atoms with Crippen LogP contribution < -0.4 is 5.32 Å². The van der Waals surface area contributed by atoms with Crippen LogP contribution in [0.25, 0.3) is 0 Å². The number of aliphatic hydroxyl groups is 1. The average Bonchev–Trinajstić information content (AvgIpc) is 2.81. The molecular weight excluding hydrogens is 279 g/mol. The maximum Gasteiger partial charge on any atom is 0.326 e. The Morgan fingerprint density at radius 3 is 2.71 bits per heavy atom. The lowest BCUT2D eigenvalue weighted by Crippen LogP contribution is -2.46. The topological polar surface area (TPSA) is 89.9 Å². The number of hydrogen-bond acceptors (Lipinski definition) is 3. The molecule has 1 aliphatic heterocycles. The zero-order valence-corrected chi connectivity index (χ0v) is 11.5. The van der Waals surface area contributed by atoms with Crippen molar-refractivity contribution in [2.45, 2.75) is 31.5 Å². The molecule has 3 atom stereocenters. The van der Waals surface area contributed by atoms with E-state index in [0.717, 1.165) is 4.90 Å². The highest BCUT2D eigenvalue weighted by Crippen LogP contribution is 2.21. The Morgan fingerprint density at radius 2 is 2.10 bits per heavy atom. The summed E-state index contributed by atoms with van der Waals surface area (Å²) in [6.07, 6.45) is -0.864. The van der Waals surface area contributed by atoms with E-state index in [9.17, 15) is 19.1 Å². The number of carboxylic acids is 1. The Balaban J connectivity index is 2.07. The van der Waals surface area contributed by atoms with Crippen LogP contribution in [0.1, 0.15) is 24.9 Å². The predicted octanol–water partition coefficient (Wildman–Crippen LogP) is 1.12. The number of aliphatic carboxylic acids is 1. The Kier molecular flexibility index (Phi) is 4.42. The third-order valence-corrected chi connectivity index (χ3v) is 3.54. The van der Waals surface area contributed by atoms with E-state index < -0.39 is 36.0 Å². The second-order valence-electron chi connectivity index (χ2n) is 5.09. The summed E-state index contributed by atoms with van der Waals surface area (Å²) >= 11 is 0. The van der Waals surface area contributed by atoms with Gasteiger partial charge in [0.25, 0.3) is 0 Å². The molecule has 1 aliphatic rings. The maximum atomic E-state index is 13.6. The molecule has 6 nitrogen and oxygen atoms in total. The van der Waals surface area contributed by atoms with Crippen LogP contribution in [0.3, 0.4) is 0 Å². The predicted molar refractivity (Wildman–Crippen MR) is 72.1 cm³/mol. The molecule has 3 N–H and O–H groups in total. The van der Waals surface area contributed by atoms with Crippen molar-refractivity contribution in [2.24, 2.45) is 0 Å². The first-order valence-corrected chi connectivity index (χ1v) is 6.62. The minimum Gasteiger partial charge on any atom is -0.480 e. The van der Waals surface area contributed by atoms with Gasteiger partial charge in [-0.1, -0.05) is 18.2 Å². The van der Waals surface area contributed by atoms with Crippen LogP contribution in [-0.2, 0) is 4.79 Å². The fourth-order valence-corrected chi connectivity index (χ4v) is 2.44. The summed E-state index contributed by atoms with van der Waals surface area (Å²) in [5.74, 6) is -1.61. The number of hydrogen-bond donors (Lipinski definition) is 3. The maximum absolute atomic E-state index is 13.6. The summed E-state index contributed by atoms with van der Waals surface area (Å²) < 4.78 is 13.6. The Morgan fingerprint density at radius 1 is 1.43 bits per heavy atom. The van der Waals surface area contributed by atoms with Gasteiger partial charge in [-0.15, -0.1) is 0 Å². The third-order valence-electron chi connectivity index (χ3n) is 3.54. The monoisotopic (exact) mass is 296 g/mol. The Hall–Kier alpha value is -2.15. The van der Waals surface area contributed by atoms with Crippen molar-refractivity contribution in [3.63, 3.8) is 0 Å². The number of carboxylic acid groups (broad SMARTS) is 1. The van der Waals surface area contributed by atoms with Crippen molar-refractivity contribution < 1.29 is 24.2 Å². The molecule has 21 heavy (non-hydrogen) atoms. The van der Waals surface area contributed by atoms with Crippen molar-refractivity contribution >= 4 is 12.0 Å². The highest BCUT2D eigenvalue weighted by atomic mass is 19.1. The van der Waals surface area contributed by atoms with Gasteiger partial charge in [0, 0.05) is 18.5 Å². The molecule has 0 bridgehead atoms. The van der Waals surface area contributed by atoms with Crippen LogP contribution in [-0.4, -0.2) is 45.8 Å². The van der Waals surface area contributed by atoms with Crippen LogP contribution in [0.4, 0.5) is 9.18 Å². The quantitative estimate of drug-likeness (QED) is 0.779. The van der Waals surface area contributed by atoms with Gasteiger partial charge in [-0.05, 0) is 13.0 Å². The number of likely N-dealkylation sites (tertiary alicyclic amines) is 1. The lowest BCUT2D eigenvalue weighted by Gasteiger charge is -2.24. The van der Waals surface area contributed by atoms with Crippen LogP contribution in [0, 0.1) is 5.82 Å². The van der Waals surface area contributed by atoms with Crippen LogP contribution in [0.2, 0.25) is 0 Å². The molecule has 7 heteroatoms. The summed E-state index contributed by atoms with van der Waals surface area (Å²) in [5, 5.41) is 21.1. The standard InChI is InChI=1S/C14H17FN2O4/c1-8(10-4-2-3-5-11(10)15)16-14(21)17-7-9(18)6-12(17)13(19)20/h2-5,8-9,12,18H,6-7H2,1H3,(H,16,21)(H,19,20)/t8?,9?,12-/m0/s1. The largest absolute Gasteiger partial charge is 0.480 e. The SMILES string of the molecule is CC(NC(=O)N1CC(O)C[C@H]1C(=O)O)c1ccccc1F. The first kappa shape index (κ1) is 15.2. The number of carbonyl (C=O) groups is 2. The molecule has 0 aliphatic carbocycles. The minimum atomic E-state index is -1.17. The van der Waals surface area contributed by atoms with Gasteiger partial charge in [0.05, 0.1) is 12.1 Å². The summed E-state index contributed by atoms with van der Waals surface area (Å²) in [7, 11) is 0. The Labute approximate surface area is 121 Å². The molecule has 2 unspecified atom stereocenters. The van der Waals surface area contributed by atoms with Gasteiger partial charge in [0.1, 0.15) is 11.9 Å². The van der Waals surface area contributed by atoms with Crippen molar-refractivity contribution in [1.29, 1.82) is 0 Å². The summed E-state index contributed by atoms with van der Waals surface area (Å²) in [6.45, 7) is 1.56. The van der Waals surface area contributed by atoms with Crippen molar-refractivity contribution in [2.75, 3.05) is 6.54 Å².